The maximum absolute atomic E-state index is 10.7. The number of isocyanates is 1. The zero-order valence-electron chi connectivity index (χ0n) is 18.7. The minimum absolute atomic E-state index is 0.449. The van der Waals surface area contributed by atoms with Crippen LogP contribution < -0.4 is 15.4 Å². The van der Waals surface area contributed by atoms with Crippen LogP contribution in [0.15, 0.2) is 84.7 Å². The van der Waals surface area contributed by atoms with E-state index in [1.54, 1.807) is 12.2 Å². The van der Waals surface area contributed by atoms with Gasteiger partial charge in [-0.3, -0.25) is 0 Å². The maximum atomic E-state index is 10.7. The third-order valence-corrected chi connectivity index (χ3v) is 4.89. The first-order valence-electron chi connectivity index (χ1n) is 10.6. The maximum Gasteiger partial charge on any atom is 0.240 e. The number of aromatic nitrogens is 2. The molecular weight excluding hydrogens is 414 g/mol. The summed E-state index contributed by atoms with van der Waals surface area (Å²) in [5.41, 5.74) is 4.53. The minimum Gasteiger partial charge on any atom is -0.489 e. The molecule has 3 aromatic rings. The van der Waals surface area contributed by atoms with E-state index in [0.717, 1.165) is 41.0 Å². The van der Waals surface area contributed by atoms with Gasteiger partial charge in [0, 0.05) is 24.4 Å². The predicted octanol–water partition coefficient (Wildman–Crippen LogP) is 5.66. The molecule has 0 amide bonds. The number of benzene rings is 2. The molecule has 0 bridgehead atoms. The second kappa shape index (κ2) is 12.0. The summed E-state index contributed by atoms with van der Waals surface area (Å²) in [5, 5.41) is 6.54. The lowest BCUT2D eigenvalue weighted by atomic mass is 10.0. The third-order valence-electron chi connectivity index (χ3n) is 4.89. The van der Waals surface area contributed by atoms with Crippen molar-refractivity contribution in [1.29, 1.82) is 0 Å². The zero-order valence-corrected chi connectivity index (χ0v) is 18.7. The Balaban J connectivity index is 1.55. The van der Waals surface area contributed by atoms with Crippen LogP contribution >= 0.6 is 0 Å². The standard InChI is InChI=1S/C26H27N5O2/c1-4-13-33-23-10-6-9-22(14-23)31-25-15-24(28-17-29-25)27-16-19(2)11-12-21-8-5-7-20(3)26(21)30-18-32/h4-10,14-15,17H,1-2,11-13,16H2,3H3,(H2,27,28,29,31). The Bertz CT molecular complexity index is 1170. The summed E-state index contributed by atoms with van der Waals surface area (Å²) >= 11 is 0. The van der Waals surface area contributed by atoms with Gasteiger partial charge in [-0.25, -0.2) is 14.8 Å². The molecule has 2 aromatic carbocycles. The highest BCUT2D eigenvalue weighted by Gasteiger charge is 2.07. The first-order valence-corrected chi connectivity index (χ1v) is 10.6. The summed E-state index contributed by atoms with van der Waals surface area (Å²) in [6.07, 6.45) is 6.34. The van der Waals surface area contributed by atoms with Gasteiger partial charge in [-0.2, -0.15) is 4.99 Å². The molecule has 0 unspecified atom stereocenters. The van der Waals surface area contributed by atoms with Gasteiger partial charge in [0.1, 0.15) is 30.3 Å². The first kappa shape index (κ1) is 23.4. The lowest BCUT2D eigenvalue weighted by Gasteiger charge is -2.12. The number of ether oxygens (including phenoxy) is 1. The van der Waals surface area contributed by atoms with E-state index >= 15 is 0 Å². The van der Waals surface area contributed by atoms with Gasteiger partial charge in [-0.1, -0.05) is 49.1 Å². The quantitative estimate of drug-likeness (QED) is 0.214. The molecule has 0 aliphatic carbocycles. The van der Waals surface area contributed by atoms with Crippen LogP contribution in [-0.4, -0.2) is 29.2 Å². The summed E-state index contributed by atoms with van der Waals surface area (Å²) in [5.74, 6) is 2.10. The molecule has 7 heteroatoms. The van der Waals surface area contributed by atoms with E-state index in [0.29, 0.717) is 30.5 Å². The molecule has 0 saturated heterocycles. The molecule has 1 heterocycles. The highest BCUT2D eigenvalue weighted by Crippen LogP contribution is 2.26. The number of aryl methyl sites for hydroxylation is 2. The van der Waals surface area contributed by atoms with E-state index in [4.69, 9.17) is 4.74 Å². The number of rotatable bonds is 12. The second-order valence-electron chi connectivity index (χ2n) is 7.43. The number of hydrogen-bond acceptors (Lipinski definition) is 7. The summed E-state index contributed by atoms with van der Waals surface area (Å²) in [7, 11) is 0. The smallest absolute Gasteiger partial charge is 0.240 e. The first-order chi connectivity index (χ1) is 16.1. The van der Waals surface area contributed by atoms with Crippen molar-refractivity contribution in [3.05, 3.63) is 90.8 Å². The fourth-order valence-electron chi connectivity index (χ4n) is 3.23. The van der Waals surface area contributed by atoms with Crippen molar-refractivity contribution in [3.8, 4) is 5.75 Å². The Morgan fingerprint density at radius 3 is 2.82 bits per heavy atom. The summed E-state index contributed by atoms with van der Waals surface area (Å²) < 4.78 is 5.57. The molecule has 7 nitrogen and oxygen atoms in total. The van der Waals surface area contributed by atoms with Gasteiger partial charge in [0.25, 0.3) is 0 Å². The monoisotopic (exact) mass is 441 g/mol. The van der Waals surface area contributed by atoms with Crippen molar-refractivity contribution in [1.82, 2.24) is 9.97 Å². The van der Waals surface area contributed by atoms with Crippen molar-refractivity contribution < 1.29 is 9.53 Å². The molecular formula is C26H27N5O2. The molecule has 0 aliphatic heterocycles. The molecule has 0 spiro atoms. The number of anilines is 3. The Labute approximate surface area is 194 Å². The van der Waals surface area contributed by atoms with E-state index in [1.165, 1.54) is 6.33 Å². The number of nitrogens with one attached hydrogen (secondary N) is 2. The topological polar surface area (TPSA) is 88.5 Å². The van der Waals surface area contributed by atoms with Crippen LogP contribution in [0.4, 0.5) is 23.0 Å². The normalized spacial score (nSPS) is 10.1. The number of aliphatic imine (C=N–C) groups is 1. The van der Waals surface area contributed by atoms with Crippen molar-refractivity contribution in [2.75, 3.05) is 23.8 Å². The van der Waals surface area contributed by atoms with Crippen LogP contribution in [0.3, 0.4) is 0 Å². The van der Waals surface area contributed by atoms with Crippen molar-refractivity contribution in [2.24, 2.45) is 4.99 Å². The third kappa shape index (κ3) is 7.16. The summed E-state index contributed by atoms with van der Waals surface area (Å²) in [6.45, 7) is 10.8. The highest BCUT2D eigenvalue weighted by atomic mass is 16.5. The van der Waals surface area contributed by atoms with Crippen molar-refractivity contribution in [2.45, 2.75) is 19.8 Å². The lowest BCUT2D eigenvalue weighted by molar-refractivity contribution is 0.363. The van der Waals surface area contributed by atoms with Gasteiger partial charge in [0.05, 0.1) is 5.69 Å². The number of para-hydroxylation sites is 1. The largest absolute Gasteiger partial charge is 0.489 e. The van der Waals surface area contributed by atoms with Gasteiger partial charge >= 0.3 is 0 Å². The fourth-order valence-corrected chi connectivity index (χ4v) is 3.23. The Kier molecular flexibility index (Phi) is 8.51. The summed E-state index contributed by atoms with van der Waals surface area (Å²) in [6, 6.07) is 15.3. The highest BCUT2D eigenvalue weighted by molar-refractivity contribution is 5.61. The van der Waals surface area contributed by atoms with Crippen molar-refractivity contribution >= 4 is 29.1 Å². The van der Waals surface area contributed by atoms with Crippen LogP contribution in [0.2, 0.25) is 0 Å². The number of nitrogens with zero attached hydrogens (tertiary/aromatic N) is 3. The van der Waals surface area contributed by atoms with Crippen LogP contribution in [0, 0.1) is 6.92 Å². The van der Waals surface area contributed by atoms with Gasteiger partial charge in [0.2, 0.25) is 6.08 Å². The van der Waals surface area contributed by atoms with Crippen molar-refractivity contribution in [3.63, 3.8) is 0 Å². The molecule has 168 valence electrons. The molecule has 33 heavy (non-hydrogen) atoms. The molecule has 0 atom stereocenters. The molecule has 0 aliphatic rings. The lowest BCUT2D eigenvalue weighted by Crippen LogP contribution is -2.07. The Morgan fingerprint density at radius 1 is 1.18 bits per heavy atom. The molecule has 0 saturated carbocycles. The van der Waals surface area contributed by atoms with Crippen LogP contribution in [-0.2, 0) is 11.2 Å². The second-order valence-corrected chi connectivity index (χ2v) is 7.43. The number of carbonyl (C=O) groups excluding carboxylic acids is 1. The van der Waals surface area contributed by atoms with E-state index in [9.17, 15) is 4.79 Å². The Morgan fingerprint density at radius 2 is 2.00 bits per heavy atom. The molecule has 0 radical (unpaired) electrons. The SMILES string of the molecule is C=CCOc1cccc(Nc2cc(NCC(=C)CCc3cccc(C)c3N=C=O)ncn2)c1. The number of hydrogen-bond donors (Lipinski definition) is 2. The van der Waals surface area contributed by atoms with Crippen LogP contribution in [0.25, 0.3) is 0 Å². The van der Waals surface area contributed by atoms with Gasteiger partial charge in [-0.15, -0.1) is 0 Å². The molecule has 3 rings (SSSR count). The van der Waals surface area contributed by atoms with Crippen LogP contribution in [0.1, 0.15) is 17.5 Å². The van der Waals surface area contributed by atoms with Gasteiger partial charge in [-0.05, 0) is 43.0 Å². The average Bonchev–Trinajstić information content (AvgIpc) is 2.82. The van der Waals surface area contributed by atoms with E-state index < -0.39 is 0 Å². The molecule has 2 N–H and O–H groups in total. The molecule has 1 aromatic heterocycles. The van der Waals surface area contributed by atoms with E-state index in [1.807, 2.05) is 55.5 Å². The summed E-state index contributed by atoms with van der Waals surface area (Å²) in [4.78, 5) is 23.2. The Hall–Kier alpha value is -4.22. The minimum atomic E-state index is 0.449. The van der Waals surface area contributed by atoms with Gasteiger partial charge < -0.3 is 15.4 Å². The average molecular weight is 442 g/mol. The zero-order chi connectivity index (χ0) is 23.5. The van der Waals surface area contributed by atoms with Gasteiger partial charge in [0.15, 0.2) is 0 Å². The molecule has 0 fully saturated rings. The van der Waals surface area contributed by atoms with E-state index in [-0.39, 0.29) is 0 Å². The predicted molar refractivity (Wildman–Crippen MR) is 132 cm³/mol. The van der Waals surface area contributed by atoms with E-state index in [2.05, 4.69) is 38.8 Å². The van der Waals surface area contributed by atoms with Crippen LogP contribution in [0.5, 0.6) is 5.75 Å². The fraction of sp³-hybridized carbons (Fsp3) is 0.192.